The van der Waals surface area contributed by atoms with E-state index < -0.39 is 0 Å². The minimum atomic E-state index is -0.235. The molecule has 196 valence electrons. The van der Waals surface area contributed by atoms with Gasteiger partial charge in [0.25, 0.3) is 5.91 Å². The summed E-state index contributed by atoms with van der Waals surface area (Å²) in [5.41, 5.74) is 6.10. The lowest BCUT2D eigenvalue weighted by atomic mass is 10.2. The number of halogens is 3. The Morgan fingerprint density at radius 3 is 2.53 bits per heavy atom. The molecule has 0 saturated carbocycles. The number of hydrazone groups is 1. The van der Waals surface area contributed by atoms with Crippen LogP contribution in [0.25, 0.3) is 11.3 Å². The van der Waals surface area contributed by atoms with Crippen LogP contribution in [0, 0.1) is 0 Å². The zero-order valence-corrected chi connectivity index (χ0v) is 24.8. The lowest BCUT2D eigenvalue weighted by Crippen LogP contribution is -2.19. The summed E-state index contributed by atoms with van der Waals surface area (Å²) in [7, 11) is 0. The van der Waals surface area contributed by atoms with Gasteiger partial charge in [-0.2, -0.15) is 5.10 Å². The summed E-state index contributed by atoms with van der Waals surface area (Å²) in [5.74, 6) is 1.11. The van der Waals surface area contributed by atoms with E-state index in [2.05, 4.69) is 31.4 Å². The van der Waals surface area contributed by atoms with Crippen LogP contribution in [0.5, 0.6) is 11.5 Å². The molecule has 0 saturated heterocycles. The molecule has 0 spiro atoms. The predicted molar refractivity (Wildman–Crippen MR) is 160 cm³/mol. The first kappa shape index (κ1) is 28.4. The van der Waals surface area contributed by atoms with Gasteiger partial charge in [-0.25, -0.2) is 10.4 Å². The molecule has 0 radical (unpaired) electrons. The van der Waals surface area contributed by atoms with Gasteiger partial charge in [0.05, 0.1) is 28.7 Å². The average molecular weight is 651 g/mol. The predicted octanol–water partition coefficient (Wildman–Crippen LogP) is 8.10. The molecule has 1 heterocycles. The Labute approximate surface area is 247 Å². The van der Waals surface area contributed by atoms with Crippen molar-refractivity contribution in [2.24, 2.45) is 5.10 Å². The molecule has 3 aromatic carbocycles. The number of ether oxygens (including phenoxy) is 2. The highest BCUT2D eigenvalue weighted by atomic mass is 79.9. The molecule has 0 fully saturated rings. The maximum Gasteiger partial charge on any atom is 0.250 e. The molecule has 1 amide bonds. The largest absolute Gasteiger partial charge is 0.490 e. The Morgan fingerprint density at radius 2 is 1.82 bits per heavy atom. The zero-order valence-electron chi connectivity index (χ0n) is 20.1. The molecule has 0 aliphatic heterocycles. The van der Waals surface area contributed by atoms with Crippen LogP contribution >= 0.6 is 62.2 Å². The maximum atomic E-state index is 12.3. The number of rotatable bonds is 11. The normalized spacial score (nSPS) is 11.1. The van der Waals surface area contributed by atoms with Crippen LogP contribution < -0.4 is 14.9 Å². The van der Waals surface area contributed by atoms with Crippen molar-refractivity contribution < 1.29 is 14.3 Å². The molecule has 0 atom stereocenters. The molecular formula is C27H22BrCl2N3O3S2. The Balaban J connectivity index is 1.32. The first-order valence-corrected chi connectivity index (χ1v) is 14.8. The Morgan fingerprint density at radius 1 is 1.11 bits per heavy atom. The van der Waals surface area contributed by atoms with Gasteiger partial charge >= 0.3 is 0 Å². The fourth-order valence-electron chi connectivity index (χ4n) is 3.22. The van der Waals surface area contributed by atoms with Crippen LogP contribution in [0.4, 0.5) is 0 Å². The number of aromatic nitrogens is 1. The molecule has 1 N–H and O–H groups in total. The van der Waals surface area contributed by atoms with Gasteiger partial charge in [0.1, 0.15) is 6.61 Å². The van der Waals surface area contributed by atoms with E-state index in [1.807, 2.05) is 73.0 Å². The first-order valence-electron chi connectivity index (χ1n) is 11.4. The highest BCUT2D eigenvalue weighted by Crippen LogP contribution is 2.37. The van der Waals surface area contributed by atoms with E-state index in [4.69, 9.17) is 32.7 Å². The smallest absolute Gasteiger partial charge is 0.250 e. The number of thioether (sulfide) groups is 1. The number of amides is 1. The number of benzene rings is 3. The average Bonchev–Trinajstić information content (AvgIpc) is 3.38. The van der Waals surface area contributed by atoms with E-state index in [0.717, 1.165) is 26.7 Å². The highest BCUT2D eigenvalue weighted by Gasteiger charge is 2.13. The van der Waals surface area contributed by atoms with Crippen molar-refractivity contribution in [2.45, 2.75) is 17.9 Å². The number of carbonyl (C=O) groups is 1. The minimum Gasteiger partial charge on any atom is -0.490 e. The Bertz CT molecular complexity index is 1410. The molecular weight excluding hydrogens is 629 g/mol. The molecule has 0 aliphatic rings. The summed E-state index contributed by atoms with van der Waals surface area (Å²) < 4.78 is 13.3. The van der Waals surface area contributed by atoms with Crippen molar-refractivity contribution >= 4 is 74.4 Å². The molecule has 1 aromatic heterocycles. The lowest BCUT2D eigenvalue weighted by Gasteiger charge is -2.14. The van der Waals surface area contributed by atoms with Crippen molar-refractivity contribution in [3.8, 4) is 22.8 Å². The summed E-state index contributed by atoms with van der Waals surface area (Å²) in [6, 6.07) is 18.6. The third kappa shape index (κ3) is 8.22. The molecule has 4 aromatic rings. The van der Waals surface area contributed by atoms with E-state index in [0.29, 0.717) is 39.2 Å². The highest BCUT2D eigenvalue weighted by molar-refractivity contribution is 9.10. The zero-order chi connectivity index (χ0) is 26.9. The number of thiazole rings is 1. The van der Waals surface area contributed by atoms with Gasteiger partial charge < -0.3 is 9.47 Å². The van der Waals surface area contributed by atoms with E-state index >= 15 is 0 Å². The van der Waals surface area contributed by atoms with Crippen LogP contribution in [0.15, 0.2) is 80.0 Å². The van der Waals surface area contributed by atoms with Gasteiger partial charge in [0, 0.05) is 21.0 Å². The second-order valence-electron chi connectivity index (χ2n) is 7.77. The standard InChI is InChI=1S/C27H22BrCl2N3O3S2/c1-2-35-24-12-18(11-22(28)26(24)36-14-17-3-7-20(29)8-4-17)13-31-33-25(34)16-38-27-32-23(15-37-27)19-5-9-21(30)10-6-19/h3-13,15H,2,14,16H2,1H3,(H,33,34)/b31-13+. The van der Waals surface area contributed by atoms with Gasteiger partial charge in [-0.15, -0.1) is 11.3 Å². The van der Waals surface area contributed by atoms with Gasteiger partial charge in [-0.1, -0.05) is 59.2 Å². The topological polar surface area (TPSA) is 72.8 Å². The van der Waals surface area contributed by atoms with E-state index in [1.54, 1.807) is 6.21 Å². The fourth-order valence-corrected chi connectivity index (χ4v) is 5.67. The number of hydrogen-bond acceptors (Lipinski definition) is 7. The number of nitrogens with one attached hydrogen (secondary N) is 1. The maximum absolute atomic E-state index is 12.3. The van der Waals surface area contributed by atoms with E-state index in [9.17, 15) is 4.79 Å². The van der Waals surface area contributed by atoms with Crippen LogP contribution in [0.2, 0.25) is 10.0 Å². The van der Waals surface area contributed by atoms with Gasteiger partial charge in [0.15, 0.2) is 15.8 Å². The van der Waals surface area contributed by atoms with E-state index in [-0.39, 0.29) is 11.7 Å². The number of carbonyl (C=O) groups excluding carboxylic acids is 1. The summed E-state index contributed by atoms with van der Waals surface area (Å²) in [6.45, 7) is 2.72. The summed E-state index contributed by atoms with van der Waals surface area (Å²) in [6.07, 6.45) is 1.56. The van der Waals surface area contributed by atoms with E-state index in [1.165, 1.54) is 23.1 Å². The second kappa shape index (κ2) is 14.0. The molecule has 38 heavy (non-hydrogen) atoms. The molecule has 6 nitrogen and oxygen atoms in total. The molecule has 0 aliphatic carbocycles. The van der Waals surface area contributed by atoms with Crippen LogP contribution in [-0.4, -0.2) is 29.5 Å². The lowest BCUT2D eigenvalue weighted by molar-refractivity contribution is -0.118. The summed E-state index contributed by atoms with van der Waals surface area (Å²) in [5, 5.41) is 7.40. The quantitative estimate of drug-likeness (QED) is 0.101. The first-order chi connectivity index (χ1) is 18.4. The molecule has 0 unspecified atom stereocenters. The van der Waals surface area contributed by atoms with Crippen molar-refractivity contribution in [3.63, 3.8) is 0 Å². The third-order valence-electron chi connectivity index (χ3n) is 4.98. The summed E-state index contributed by atoms with van der Waals surface area (Å²) in [4.78, 5) is 16.9. The SMILES string of the molecule is CCOc1cc(/C=N/NC(=O)CSc2nc(-c3ccc(Cl)cc3)cs2)cc(Br)c1OCc1ccc(Cl)cc1. The van der Waals surface area contributed by atoms with Crippen LogP contribution in [-0.2, 0) is 11.4 Å². The van der Waals surface area contributed by atoms with Crippen molar-refractivity contribution in [1.29, 1.82) is 0 Å². The molecule has 0 bridgehead atoms. The Kier molecular flexibility index (Phi) is 10.5. The van der Waals surface area contributed by atoms with Crippen LogP contribution in [0.1, 0.15) is 18.1 Å². The summed E-state index contributed by atoms with van der Waals surface area (Å²) >= 11 is 18.3. The fraction of sp³-hybridized carbons (Fsp3) is 0.148. The van der Waals surface area contributed by atoms with Crippen molar-refractivity contribution in [3.05, 3.63) is 91.7 Å². The molecule has 4 rings (SSSR count). The monoisotopic (exact) mass is 649 g/mol. The van der Waals surface area contributed by atoms with Gasteiger partial charge in [-0.05, 0) is 70.4 Å². The van der Waals surface area contributed by atoms with Crippen LogP contribution in [0.3, 0.4) is 0 Å². The Hall–Kier alpha value is -2.56. The van der Waals surface area contributed by atoms with Gasteiger partial charge in [0.2, 0.25) is 0 Å². The number of hydrogen-bond donors (Lipinski definition) is 1. The second-order valence-corrected chi connectivity index (χ2v) is 11.6. The van der Waals surface area contributed by atoms with Crippen molar-refractivity contribution in [2.75, 3.05) is 12.4 Å². The minimum absolute atomic E-state index is 0.191. The molecule has 11 heteroatoms. The van der Waals surface area contributed by atoms with Gasteiger partial charge in [-0.3, -0.25) is 4.79 Å². The van der Waals surface area contributed by atoms with Crippen molar-refractivity contribution in [1.82, 2.24) is 10.4 Å². The third-order valence-corrected chi connectivity index (χ3v) is 8.09. The number of nitrogens with zero attached hydrogens (tertiary/aromatic N) is 2.